The Morgan fingerprint density at radius 3 is 2.70 bits per heavy atom. The van der Waals surface area contributed by atoms with Crippen molar-refractivity contribution in [1.82, 2.24) is 0 Å². The van der Waals surface area contributed by atoms with E-state index in [4.69, 9.17) is 14.2 Å². The van der Waals surface area contributed by atoms with Gasteiger partial charge in [-0.05, 0) is 25.7 Å². The standard InChI is InChI=1S/C24H38O6/c1-7-15(4)23(28-13-19-11-18(25)12-21(26)29-19)22-17(6)9-14(3)10-20(22)30-24(27)16(5)8-2/h7,9,14-16,18-20,22-23,25H,1,8,10-13H2,2-6H3. The van der Waals surface area contributed by atoms with Gasteiger partial charge >= 0.3 is 11.9 Å². The van der Waals surface area contributed by atoms with Gasteiger partial charge in [-0.3, -0.25) is 9.59 Å². The molecule has 6 heteroatoms. The summed E-state index contributed by atoms with van der Waals surface area (Å²) >= 11 is 0. The quantitative estimate of drug-likeness (QED) is 0.449. The highest BCUT2D eigenvalue weighted by atomic mass is 16.6. The molecule has 0 aromatic rings. The Kier molecular flexibility index (Phi) is 9.10. The molecule has 0 aromatic carbocycles. The van der Waals surface area contributed by atoms with Gasteiger partial charge in [-0.25, -0.2) is 0 Å². The summed E-state index contributed by atoms with van der Waals surface area (Å²) in [6.45, 7) is 14.2. The second-order valence-electron chi connectivity index (χ2n) is 9.03. The smallest absolute Gasteiger partial charge is 0.308 e. The van der Waals surface area contributed by atoms with Crippen LogP contribution in [-0.4, -0.2) is 48.1 Å². The lowest BCUT2D eigenvalue weighted by Gasteiger charge is -2.41. The van der Waals surface area contributed by atoms with Gasteiger partial charge in [-0.1, -0.05) is 45.4 Å². The molecule has 1 fully saturated rings. The summed E-state index contributed by atoms with van der Waals surface area (Å²) in [7, 11) is 0. The molecule has 1 N–H and O–H groups in total. The molecule has 2 rings (SSSR count). The first-order valence-corrected chi connectivity index (χ1v) is 11.2. The van der Waals surface area contributed by atoms with E-state index in [1.54, 1.807) is 0 Å². The van der Waals surface area contributed by atoms with Crippen molar-refractivity contribution in [2.24, 2.45) is 23.7 Å². The number of aliphatic hydroxyl groups excluding tert-OH is 1. The van der Waals surface area contributed by atoms with Crippen molar-refractivity contribution >= 4 is 11.9 Å². The summed E-state index contributed by atoms with van der Waals surface area (Å²) in [6, 6.07) is 0. The summed E-state index contributed by atoms with van der Waals surface area (Å²) in [5.41, 5.74) is 1.13. The highest BCUT2D eigenvalue weighted by Crippen LogP contribution is 2.37. The molecule has 1 aliphatic carbocycles. The molecule has 0 spiro atoms. The number of hydrogen-bond acceptors (Lipinski definition) is 6. The van der Waals surface area contributed by atoms with E-state index in [0.717, 1.165) is 18.4 Å². The minimum absolute atomic E-state index is 0.000715. The van der Waals surface area contributed by atoms with Gasteiger partial charge in [0.05, 0.1) is 31.2 Å². The van der Waals surface area contributed by atoms with Crippen LogP contribution in [-0.2, 0) is 23.8 Å². The SMILES string of the molecule is C=CC(C)C(OCC1CC(O)CC(=O)O1)C1C(C)=CC(C)CC1OC(=O)C(C)CC. The van der Waals surface area contributed by atoms with E-state index in [2.05, 4.69) is 26.5 Å². The Morgan fingerprint density at radius 2 is 2.10 bits per heavy atom. The van der Waals surface area contributed by atoms with Crippen molar-refractivity contribution in [3.8, 4) is 0 Å². The molecule has 0 bridgehead atoms. The van der Waals surface area contributed by atoms with Crippen molar-refractivity contribution in [3.63, 3.8) is 0 Å². The second kappa shape index (κ2) is 11.1. The van der Waals surface area contributed by atoms with Crippen molar-refractivity contribution in [2.45, 2.75) is 84.7 Å². The van der Waals surface area contributed by atoms with Crippen LogP contribution in [0.3, 0.4) is 0 Å². The molecular weight excluding hydrogens is 384 g/mol. The summed E-state index contributed by atoms with van der Waals surface area (Å²) < 4.78 is 17.6. The van der Waals surface area contributed by atoms with Gasteiger partial charge in [0.25, 0.3) is 0 Å². The Hall–Kier alpha value is -1.66. The second-order valence-corrected chi connectivity index (χ2v) is 9.03. The lowest BCUT2D eigenvalue weighted by Crippen LogP contribution is -2.45. The van der Waals surface area contributed by atoms with Crippen LogP contribution in [0, 0.1) is 23.7 Å². The zero-order valence-electron chi connectivity index (χ0n) is 19.0. The van der Waals surface area contributed by atoms with Gasteiger partial charge in [0.1, 0.15) is 12.2 Å². The topological polar surface area (TPSA) is 82.1 Å². The molecule has 30 heavy (non-hydrogen) atoms. The Morgan fingerprint density at radius 1 is 1.40 bits per heavy atom. The molecule has 1 heterocycles. The third kappa shape index (κ3) is 6.42. The highest BCUT2D eigenvalue weighted by molar-refractivity contribution is 5.72. The number of cyclic esters (lactones) is 1. The first-order valence-electron chi connectivity index (χ1n) is 11.2. The van der Waals surface area contributed by atoms with E-state index in [-0.39, 0.29) is 49.0 Å². The van der Waals surface area contributed by atoms with E-state index in [9.17, 15) is 14.7 Å². The first-order chi connectivity index (χ1) is 14.2. The Bertz CT molecular complexity index is 642. The number of ether oxygens (including phenoxy) is 3. The fourth-order valence-electron chi connectivity index (χ4n) is 4.36. The van der Waals surface area contributed by atoms with Gasteiger partial charge in [-0.2, -0.15) is 0 Å². The zero-order valence-corrected chi connectivity index (χ0v) is 19.0. The maximum Gasteiger partial charge on any atom is 0.308 e. The maximum absolute atomic E-state index is 12.6. The van der Waals surface area contributed by atoms with E-state index in [1.807, 2.05) is 26.8 Å². The third-order valence-electron chi connectivity index (χ3n) is 6.31. The lowest BCUT2D eigenvalue weighted by atomic mass is 9.75. The number of carbonyl (C=O) groups is 2. The number of allylic oxidation sites excluding steroid dienone is 1. The predicted molar refractivity (Wildman–Crippen MR) is 115 cm³/mol. The van der Waals surface area contributed by atoms with Gasteiger partial charge in [0, 0.05) is 18.3 Å². The highest BCUT2D eigenvalue weighted by Gasteiger charge is 2.40. The van der Waals surface area contributed by atoms with Crippen LogP contribution in [0.15, 0.2) is 24.3 Å². The lowest BCUT2D eigenvalue weighted by molar-refractivity contribution is -0.172. The van der Waals surface area contributed by atoms with Gasteiger partial charge in [0.15, 0.2) is 0 Å². The minimum atomic E-state index is -0.698. The molecule has 0 saturated carbocycles. The molecule has 0 aromatic heterocycles. The normalized spacial score (nSPS) is 32.4. The van der Waals surface area contributed by atoms with E-state index in [0.29, 0.717) is 12.3 Å². The van der Waals surface area contributed by atoms with E-state index < -0.39 is 18.2 Å². The molecule has 2 aliphatic rings. The predicted octanol–water partition coefficient (Wildman–Crippen LogP) is 3.82. The molecule has 1 aliphatic heterocycles. The summed E-state index contributed by atoms with van der Waals surface area (Å²) in [6.07, 6.45) is 4.19. The average molecular weight is 423 g/mol. The van der Waals surface area contributed by atoms with Crippen molar-refractivity contribution in [3.05, 3.63) is 24.3 Å². The van der Waals surface area contributed by atoms with Crippen LogP contribution in [0.4, 0.5) is 0 Å². The number of esters is 2. The number of hydrogen-bond donors (Lipinski definition) is 1. The van der Waals surface area contributed by atoms with Crippen LogP contribution in [0.5, 0.6) is 0 Å². The molecule has 8 atom stereocenters. The fourth-order valence-corrected chi connectivity index (χ4v) is 4.36. The zero-order chi connectivity index (χ0) is 22.4. The van der Waals surface area contributed by atoms with Crippen LogP contribution < -0.4 is 0 Å². The number of aliphatic hydroxyl groups is 1. The summed E-state index contributed by atoms with van der Waals surface area (Å²) in [4.78, 5) is 24.2. The van der Waals surface area contributed by atoms with Gasteiger partial charge < -0.3 is 19.3 Å². The van der Waals surface area contributed by atoms with E-state index in [1.165, 1.54) is 0 Å². The third-order valence-corrected chi connectivity index (χ3v) is 6.31. The fraction of sp³-hybridized carbons (Fsp3) is 0.750. The molecule has 170 valence electrons. The van der Waals surface area contributed by atoms with Crippen LogP contribution in [0.25, 0.3) is 0 Å². The van der Waals surface area contributed by atoms with Crippen molar-refractivity contribution in [1.29, 1.82) is 0 Å². The molecule has 6 nitrogen and oxygen atoms in total. The monoisotopic (exact) mass is 422 g/mol. The molecule has 0 radical (unpaired) electrons. The Balaban J connectivity index is 2.20. The molecular formula is C24H38O6. The molecule has 0 amide bonds. The first kappa shape index (κ1) is 24.6. The number of rotatable bonds is 9. The summed E-state index contributed by atoms with van der Waals surface area (Å²) in [5.74, 6) is -0.522. The largest absolute Gasteiger partial charge is 0.461 e. The number of carbonyl (C=O) groups excluding carboxylic acids is 2. The maximum atomic E-state index is 12.6. The van der Waals surface area contributed by atoms with Crippen molar-refractivity contribution < 1.29 is 28.9 Å². The van der Waals surface area contributed by atoms with E-state index >= 15 is 0 Å². The van der Waals surface area contributed by atoms with Crippen LogP contribution >= 0.6 is 0 Å². The molecule has 8 unspecified atom stereocenters. The van der Waals surface area contributed by atoms with Crippen LogP contribution in [0.2, 0.25) is 0 Å². The minimum Gasteiger partial charge on any atom is -0.461 e. The van der Waals surface area contributed by atoms with Crippen molar-refractivity contribution in [2.75, 3.05) is 6.61 Å². The Labute approximate surface area is 180 Å². The van der Waals surface area contributed by atoms with Gasteiger partial charge in [0.2, 0.25) is 0 Å². The summed E-state index contributed by atoms with van der Waals surface area (Å²) in [5, 5.41) is 9.87. The average Bonchev–Trinajstić information content (AvgIpc) is 2.67. The van der Waals surface area contributed by atoms with Gasteiger partial charge in [-0.15, -0.1) is 6.58 Å². The van der Waals surface area contributed by atoms with Crippen LogP contribution in [0.1, 0.15) is 60.3 Å². The molecule has 1 saturated heterocycles.